The lowest BCUT2D eigenvalue weighted by molar-refractivity contribution is -0.115. The quantitative estimate of drug-likeness (QED) is 0.866. The summed E-state index contributed by atoms with van der Waals surface area (Å²) < 4.78 is 5.44. The molecule has 0 aromatic carbocycles. The van der Waals surface area contributed by atoms with Gasteiger partial charge in [-0.25, -0.2) is 4.98 Å². The molecular weight excluding hydrogens is 272 g/mol. The number of hydrogen-bond acceptors (Lipinski definition) is 3. The summed E-state index contributed by atoms with van der Waals surface area (Å²) in [6.07, 6.45) is 1.71. The largest absolute Gasteiger partial charge is 0.489 e. The summed E-state index contributed by atoms with van der Waals surface area (Å²) in [5.41, 5.74) is 0. The zero-order valence-corrected chi connectivity index (χ0v) is 11.1. The minimum Gasteiger partial charge on any atom is -0.489 e. The summed E-state index contributed by atoms with van der Waals surface area (Å²) in [5, 5.41) is 2.67. The Bertz CT molecular complexity index is 350. The second kappa shape index (κ2) is 5.84. The van der Waals surface area contributed by atoms with Crippen molar-refractivity contribution in [3.63, 3.8) is 0 Å². The van der Waals surface area contributed by atoms with E-state index in [0.717, 1.165) is 0 Å². The molecule has 0 bridgehead atoms. The Labute approximate surface area is 104 Å². The van der Waals surface area contributed by atoms with Gasteiger partial charge in [-0.15, -0.1) is 0 Å². The summed E-state index contributed by atoms with van der Waals surface area (Å²) >= 11 is 3.18. The van der Waals surface area contributed by atoms with Gasteiger partial charge in [0.05, 0.1) is 17.1 Å². The Hall–Kier alpha value is -1.10. The van der Waals surface area contributed by atoms with E-state index in [1.807, 2.05) is 13.8 Å². The lowest BCUT2D eigenvalue weighted by atomic mass is 10.4. The van der Waals surface area contributed by atoms with Crippen molar-refractivity contribution in [2.75, 3.05) is 5.32 Å². The average molecular weight is 287 g/mol. The first-order valence-electron chi connectivity index (χ1n) is 5.06. The standard InChI is InChI=1S/C11H15BrN2O2/c1-7(2)16-9-4-5-10(13-6-9)14-11(15)8(3)12/h4-8H,1-3H3,(H,13,14,15). The van der Waals surface area contributed by atoms with Crippen LogP contribution in [0.15, 0.2) is 18.3 Å². The Morgan fingerprint density at radius 2 is 2.12 bits per heavy atom. The van der Waals surface area contributed by atoms with Gasteiger partial charge in [-0.3, -0.25) is 4.79 Å². The van der Waals surface area contributed by atoms with Gasteiger partial charge in [0.15, 0.2) is 0 Å². The first-order chi connectivity index (χ1) is 7.49. The number of ether oxygens (including phenoxy) is 1. The van der Waals surface area contributed by atoms with Crippen LogP contribution >= 0.6 is 15.9 Å². The van der Waals surface area contributed by atoms with Crippen molar-refractivity contribution in [1.29, 1.82) is 0 Å². The highest BCUT2D eigenvalue weighted by Gasteiger charge is 2.09. The Morgan fingerprint density at radius 1 is 1.44 bits per heavy atom. The number of amides is 1. The number of rotatable bonds is 4. The summed E-state index contributed by atoms with van der Waals surface area (Å²) in [4.78, 5) is 15.2. The summed E-state index contributed by atoms with van der Waals surface area (Å²) in [5.74, 6) is 1.09. The molecule has 1 amide bonds. The molecule has 1 unspecified atom stereocenters. The molecule has 0 aliphatic rings. The third-order valence-electron chi connectivity index (χ3n) is 1.72. The van der Waals surface area contributed by atoms with E-state index in [2.05, 4.69) is 26.2 Å². The number of anilines is 1. The molecule has 1 aromatic heterocycles. The number of nitrogens with zero attached hydrogens (tertiary/aromatic N) is 1. The van der Waals surface area contributed by atoms with E-state index in [4.69, 9.17) is 4.74 Å². The van der Waals surface area contributed by atoms with Crippen molar-refractivity contribution in [2.45, 2.75) is 31.7 Å². The Balaban J connectivity index is 2.61. The van der Waals surface area contributed by atoms with Crippen molar-refractivity contribution >= 4 is 27.7 Å². The van der Waals surface area contributed by atoms with Gasteiger partial charge >= 0.3 is 0 Å². The molecule has 1 heterocycles. The molecule has 1 atom stereocenters. The van der Waals surface area contributed by atoms with Crippen molar-refractivity contribution < 1.29 is 9.53 Å². The lowest BCUT2D eigenvalue weighted by Crippen LogP contribution is -2.20. The molecule has 1 N–H and O–H groups in total. The van der Waals surface area contributed by atoms with Crippen LogP contribution < -0.4 is 10.1 Å². The first-order valence-corrected chi connectivity index (χ1v) is 5.98. The maximum Gasteiger partial charge on any atom is 0.239 e. The monoisotopic (exact) mass is 286 g/mol. The lowest BCUT2D eigenvalue weighted by Gasteiger charge is -2.10. The zero-order chi connectivity index (χ0) is 12.1. The predicted octanol–water partition coefficient (Wildman–Crippen LogP) is 2.59. The first kappa shape index (κ1) is 13.0. The van der Waals surface area contributed by atoms with Crippen LogP contribution in [0.3, 0.4) is 0 Å². The van der Waals surface area contributed by atoms with Crippen LogP contribution in [0.1, 0.15) is 20.8 Å². The number of hydrogen-bond donors (Lipinski definition) is 1. The van der Waals surface area contributed by atoms with Crippen molar-refractivity contribution in [3.8, 4) is 5.75 Å². The second-order valence-corrected chi connectivity index (χ2v) is 5.02. The van der Waals surface area contributed by atoms with E-state index >= 15 is 0 Å². The van der Waals surface area contributed by atoms with Crippen LogP contribution in [0.25, 0.3) is 0 Å². The predicted molar refractivity (Wildman–Crippen MR) is 67.0 cm³/mol. The number of carbonyl (C=O) groups is 1. The summed E-state index contributed by atoms with van der Waals surface area (Å²) in [7, 11) is 0. The molecule has 0 fully saturated rings. The fourth-order valence-electron chi connectivity index (χ4n) is 1.02. The molecule has 0 aliphatic heterocycles. The van der Waals surface area contributed by atoms with Gasteiger partial charge in [-0.2, -0.15) is 0 Å². The minimum atomic E-state index is -0.235. The SMILES string of the molecule is CC(C)Oc1ccc(NC(=O)C(C)Br)nc1. The number of nitrogens with one attached hydrogen (secondary N) is 1. The van der Waals surface area contributed by atoms with Crippen LogP contribution in [-0.4, -0.2) is 21.8 Å². The van der Waals surface area contributed by atoms with Gasteiger partial charge in [0.1, 0.15) is 11.6 Å². The number of halogens is 1. The van der Waals surface area contributed by atoms with Crippen LogP contribution in [0.2, 0.25) is 0 Å². The third-order valence-corrected chi connectivity index (χ3v) is 2.14. The Kier molecular flexibility index (Phi) is 4.73. The van der Waals surface area contributed by atoms with E-state index in [1.54, 1.807) is 25.3 Å². The maximum atomic E-state index is 11.3. The fraction of sp³-hybridized carbons (Fsp3) is 0.455. The molecule has 0 saturated heterocycles. The summed E-state index contributed by atoms with van der Waals surface area (Å²) in [6, 6.07) is 3.49. The Morgan fingerprint density at radius 3 is 2.56 bits per heavy atom. The van der Waals surface area contributed by atoms with Gasteiger partial charge in [-0.1, -0.05) is 15.9 Å². The summed E-state index contributed by atoms with van der Waals surface area (Å²) in [6.45, 7) is 5.65. The number of alkyl halides is 1. The van der Waals surface area contributed by atoms with Crippen molar-refractivity contribution in [3.05, 3.63) is 18.3 Å². The minimum absolute atomic E-state index is 0.116. The van der Waals surface area contributed by atoms with E-state index in [9.17, 15) is 4.79 Å². The van der Waals surface area contributed by atoms with Gasteiger partial charge in [0, 0.05) is 0 Å². The highest BCUT2D eigenvalue weighted by molar-refractivity contribution is 9.10. The van der Waals surface area contributed by atoms with Gasteiger partial charge in [0.25, 0.3) is 0 Å². The molecule has 5 heteroatoms. The van der Waals surface area contributed by atoms with Crippen molar-refractivity contribution in [2.24, 2.45) is 0 Å². The van der Waals surface area contributed by atoms with E-state index < -0.39 is 0 Å². The number of pyridine rings is 1. The number of carbonyl (C=O) groups excluding carboxylic acids is 1. The smallest absolute Gasteiger partial charge is 0.239 e. The molecular formula is C11H15BrN2O2. The topological polar surface area (TPSA) is 51.2 Å². The number of aromatic nitrogens is 1. The molecule has 88 valence electrons. The average Bonchev–Trinajstić information content (AvgIpc) is 2.20. The normalized spacial score (nSPS) is 12.3. The molecule has 1 aromatic rings. The van der Waals surface area contributed by atoms with E-state index in [-0.39, 0.29) is 16.8 Å². The van der Waals surface area contributed by atoms with Crippen molar-refractivity contribution in [1.82, 2.24) is 4.98 Å². The van der Waals surface area contributed by atoms with Crippen LogP contribution in [-0.2, 0) is 4.79 Å². The van der Waals surface area contributed by atoms with Gasteiger partial charge in [-0.05, 0) is 32.9 Å². The van der Waals surface area contributed by atoms with Gasteiger partial charge in [0.2, 0.25) is 5.91 Å². The fourth-order valence-corrected chi connectivity index (χ4v) is 1.14. The van der Waals surface area contributed by atoms with Gasteiger partial charge < -0.3 is 10.1 Å². The molecule has 1 rings (SSSR count). The zero-order valence-electron chi connectivity index (χ0n) is 9.53. The highest BCUT2D eigenvalue weighted by atomic mass is 79.9. The molecule has 0 saturated carbocycles. The van der Waals surface area contributed by atoms with E-state index in [0.29, 0.717) is 11.6 Å². The third kappa shape index (κ3) is 4.18. The van der Waals surface area contributed by atoms with Crippen LogP contribution in [0.4, 0.5) is 5.82 Å². The van der Waals surface area contributed by atoms with E-state index in [1.165, 1.54) is 0 Å². The molecule has 4 nitrogen and oxygen atoms in total. The maximum absolute atomic E-state index is 11.3. The molecule has 0 aliphatic carbocycles. The highest BCUT2D eigenvalue weighted by Crippen LogP contribution is 2.14. The second-order valence-electron chi connectivity index (χ2n) is 3.65. The van der Waals surface area contributed by atoms with Crippen LogP contribution in [0, 0.1) is 0 Å². The van der Waals surface area contributed by atoms with Crippen LogP contribution in [0.5, 0.6) is 5.75 Å². The molecule has 0 radical (unpaired) electrons. The molecule has 0 spiro atoms. The molecule has 16 heavy (non-hydrogen) atoms.